The third-order valence-corrected chi connectivity index (χ3v) is 4.27. The van der Waals surface area contributed by atoms with Crippen LogP contribution >= 0.6 is 0 Å². The van der Waals surface area contributed by atoms with Gasteiger partial charge in [0.25, 0.3) is 0 Å². The fourth-order valence-corrected chi connectivity index (χ4v) is 2.75. The van der Waals surface area contributed by atoms with E-state index < -0.39 is 12.0 Å². The molecule has 0 radical (unpaired) electrons. The summed E-state index contributed by atoms with van der Waals surface area (Å²) in [6.07, 6.45) is 0.392. The Morgan fingerprint density at radius 2 is 1.36 bits per heavy atom. The lowest BCUT2D eigenvalue weighted by Gasteiger charge is -2.10. The number of hydrogen-bond acceptors (Lipinski definition) is 5. The van der Waals surface area contributed by atoms with Crippen molar-refractivity contribution in [2.75, 3.05) is 7.11 Å². The summed E-state index contributed by atoms with van der Waals surface area (Å²) in [6, 6.07) is 22.8. The minimum Gasteiger partial charge on any atom is -0.468 e. The van der Waals surface area contributed by atoms with Gasteiger partial charge >= 0.3 is 5.97 Å². The number of hydrogen-bond donors (Lipinski definition) is 1. The molecule has 5 nitrogen and oxygen atoms in total. The predicted octanol–water partition coefficient (Wildman–Crippen LogP) is 3.75. The summed E-state index contributed by atoms with van der Waals surface area (Å²) < 4.78 is 10.4. The van der Waals surface area contributed by atoms with Gasteiger partial charge in [-0.1, -0.05) is 42.5 Å². The van der Waals surface area contributed by atoms with E-state index in [9.17, 15) is 9.59 Å². The van der Waals surface area contributed by atoms with Gasteiger partial charge in [0.15, 0.2) is 5.78 Å². The Balaban J connectivity index is 1.63. The first-order chi connectivity index (χ1) is 13.6. The number of nitrogens with two attached hydrogens (primary N) is 1. The number of ether oxygens (including phenoxy) is 2. The summed E-state index contributed by atoms with van der Waals surface area (Å²) in [5, 5.41) is 0. The number of methoxy groups -OCH3 is 1. The van der Waals surface area contributed by atoms with E-state index in [1.165, 1.54) is 7.11 Å². The second-order valence-corrected chi connectivity index (χ2v) is 6.30. The van der Waals surface area contributed by atoms with E-state index in [1.807, 2.05) is 42.5 Å². The van der Waals surface area contributed by atoms with Crippen LogP contribution in [0.25, 0.3) is 0 Å². The van der Waals surface area contributed by atoms with Crippen molar-refractivity contribution < 1.29 is 19.1 Å². The molecule has 0 aliphatic heterocycles. The second kappa shape index (κ2) is 8.97. The Morgan fingerprint density at radius 3 is 1.93 bits per heavy atom. The Morgan fingerprint density at radius 1 is 0.821 bits per heavy atom. The van der Waals surface area contributed by atoms with Crippen LogP contribution in [0.3, 0.4) is 0 Å². The number of carbonyl (C=O) groups is 2. The van der Waals surface area contributed by atoms with Crippen molar-refractivity contribution in [1.29, 1.82) is 0 Å². The maximum absolute atomic E-state index is 12.4. The monoisotopic (exact) mass is 375 g/mol. The van der Waals surface area contributed by atoms with Crippen LogP contribution in [0.4, 0.5) is 0 Å². The zero-order valence-corrected chi connectivity index (χ0v) is 15.5. The van der Waals surface area contributed by atoms with Crippen LogP contribution in [0, 0.1) is 0 Å². The SMILES string of the molecule is COC(=O)C(N)Cc1ccc(Oc2ccc(C(=O)c3ccccc3)cc2)cc1. The van der Waals surface area contributed by atoms with Crippen molar-refractivity contribution in [3.8, 4) is 11.5 Å². The van der Waals surface area contributed by atoms with Crippen LogP contribution in [0.2, 0.25) is 0 Å². The summed E-state index contributed by atoms with van der Waals surface area (Å²) in [5.74, 6) is 0.810. The average Bonchev–Trinajstić information content (AvgIpc) is 2.75. The van der Waals surface area contributed by atoms with E-state index in [0.717, 1.165) is 5.56 Å². The fraction of sp³-hybridized carbons (Fsp3) is 0.130. The van der Waals surface area contributed by atoms with Gasteiger partial charge in [-0.2, -0.15) is 0 Å². The van der Waals surface area contributed by atoms with Crippen LogP contribution in [0.1, 0.15) is 21.5 Å². The predicted molar refractivity (Wildman–Crippen MR) is 107 cm³/mol. The standard InChI is InChI=1S/C23H21NO4/c1-27-23(26)21(24)15-16-7-11-19(12-8-16)28-20-13-9-18(10-14-20)22(25)17-5-3-2-4-6-17/h2-14,21H,15,24H2,1H3. The minimum absolute atomic E-state index is 0.0292. The number of benzene rings is 3. The third kappa shape index (κ3) is 4.84. The zero-order chi connectivity index (χ0) is 19.9. The highest BCUT2D eigenvalue weighted by molar-refractivity contribution is 6.08. The minimum atomic E-state index is -0.688. The largest absolute Gasteiger partial charge is 0.468 e. The molecular formula is C23H21NO4. The molecule has 0 saturated carbocycles. The second-order valence-electron chi connectivity index (χ2n) is 6.30. The summed E-state index contributed by atoms with van der Waals surface area (Å²) in [5.41, 5.74) is 7.93. The highest BCUT2D eigenvalue weighted by Crippen LogP contribution is 2.23. The molecule has 0 saturated heterocycles. The molecule has 0 heterocycles. The van der Waals surface area contributed by atoms with E-state index >= 15 is 0 Å². The first kappa shape index (κ1) is 19.3. The first-order valence-electron chi connectivity index (χ1n) is 8.87. The molecule has 0 amide bonds. The lowest BCUT2D eigenvalue weighted by atomic mass is 10.0. The van der Waals surface area contributed by atoms with Crippen molar-refractivity contribution in [3.05, 3.63) is 95.6 Å². The maximum Gasteiger partial charge on any atom is 0.322 e. The third-order valence-electron chi connectivity index (χ3n) is 4.27. The van der Waals surface area contributed by atoms with Gasteiger partial charge in [-0.25, -0.2) is 0 Å². The molecule has 3 aromatic carbocycles. The molecular weight excluding hydrogens is 354 g/mol. The van der Waals surface area contributed by atoms with Crippen molar-refractivity contribution in [2.45, 2.75) is 12.5 Å². The first-order valence-corrected chi connectivity index (χ1v) is 8.87. The molecule has 2 N–H and O–H groups in total. The van der Waals surface area contributed by atoms with Gasteiger partial charge in [0, 0.05) is 11.1 Å². The van der Waals surface area contributed by atoms with Gasteiger partial charge < -0.3 is 15.2 Å². The molecule has 0 spiro atoms. The quantitative estimate of drug-likeness (QED) is 0.503. The molecule has 1 atom stereocenters. The van der Waals surface area contributed by atoms with Gasteiger partial charge in [-0.05, 0) is 48.4 Å². The van der Waals surface area contributed by atoms with E-state index in [2.05, 4.69) is 4.74 Å². The number of esters is 1. The topological polar surface area (TPSA) is 78.6 Å². The van der Waals surface area contributed by atoms with Crippen molar-refractivity contribution in [1.82, 2.24) is 0 Å². The number of rotatable bonds is 7. The van der Waals surface area contributed by atoms with Gasteiger partial charge in [0.1, 0.15) is 17.5 Å². The van der Waals surface area contributed by atoms with Crippen LogP contribution in [-0.2, 0) is 16.0 Å². The van der Waals surface area contributed by atoms with Gasteiger partial charge in [-0.15, -0.1) is 0 Å². The van der Waals surface area contributed by atoms with Crippen molar-refractivity contribution in [2.24, 2.45) is 5.73 Å². The van der Waals surface area contributed by atoms with Crippen molar-refractivity contribution in [3.63, 3.8) is 0 Å². The highest BCUT2D eigenvalue weighted by Gasteiger charge is 2.14. The summed E-state index contributed by atoms with van der Waals surface area (Å²) in [6.45, 7) is 0. The molecule has 5 heteroatoms. The van der Waals surface area contributed by atoms with Gasteiger partial charge in [0.2, 0.25) is 0 Å². The molecule has 28 heavy (non-hydrogen) atoms. The van der Waals surface area contributed by atoms with E-state index in [0.29, 0.717) is 29.0 Å². The molecule has 3 aromatic rings. The molecule has 0 aromatic heterocycles. The average molecular weight is 375 g/mol. The summed E-state index contributed by atoms with van der Waals surface area (Å²) in [7, 11) is 1.32. The maximum atomic E-state index is 12.4. The van der Waals surface area contributed by atoms with E-state index in [4.69, 9.17) is 10.5 Å². The number of ketones is 1. The lowest BCUT2D eigenvalue weighted by Crippen LogP contribution is -2.33. The van der Waals surface area contributed by atoms with Crippen LogP contribution in [0.15, 0.2) is 78.9 Å². The molecule has 142 valence electrons. The van der Waals surface area contributed by atoms with Crippen LogP contribution in [0.5, 0.6) is 11.5 Å². The highest BCUT2D eigenvalue weighted by atomic mass is 16.5. The van der Waals surface area contributed by atoms with Gasteiger partial charge in [0.05, 0.1) is 7.11 Å². The van der Waals surface area contributed by atoms with Crippen molar-refractivity contribution >= 4 is 11.8 Å². The Hall–Kier alpha value is -3.44. The lowest BCUT2D eigenvalue weighted by molar-refractivity contribution is -0.142. The summed E-state index contributed by atoms with van der Waals surface area (Å²) in [4.78, 5) is 23.8. The fourth-order valence-electron chi connectivity index (χ4n) is 2.75. The molecule has 0 fully saturated rings. The molecule has 0 bridgehead atoms. The van der Waals surface area contributed by atoms with Crippen LogP contribution in [-0.4, -0.2) is 24.9 Å². The summed E-state index contributed by atoms with van der Waals surface area (Å²) >= 11 is 0. The van der Waals surface area contributed by atoms with E-state index in [-0.39, 0.29) is 5.78 Å². The van der Waals surface area contributed by atoms with Gasteiger partial charge in [-0.3, -0.25) is 9.59 Å². The van der Waals surface area contributed by atoms with E-state index in [1.54, 1.807) is 36.4 Å². The molecule has 1 unspecified atom stereocenters. The molecule has 0 aliphatic rings. The Bertz CT molecular complexity index is 935. The zero-order valence-electron chi connectivity index (χ0n) is 15.5. The Labute approximate surface area is 163 Å². The smallest absolute Gasteiger partial charge is 0.322 e. The van der Waals surface area contributed by atoms with Crippen LogP contribution < -0.4 is 10.5 Å². The molecule has 0 aliphatic carbocycles. The Kier molecular flexibility index (Phi) is 6.19. The normalized spacial score (nSPS) is 11.5. The molecule has 3 rings (SSSR count). The number of carbonyl (C=O) groups excluding carboxylic acids is 2.